The summed E-state index contributed by atoms with van der Waals surface area (Å²) in [6.45, 7) is 7.76. The van der Waals surface area contributed by atoms with E-state index in [1.165, 1.54) is 7.11 Å². The summed E-state index contributed by atoms with van der Waals surface area (Å²) in [7, 11) is 3.25. The number of rotatable bonds is 7. The van der Waals surface area contributed by atoms with Crippen molar-refractivity contribution >= 4 is 34.8 Å². The van der Waals surface area contributed by atoms with Crippen molar-refractivity contribution in [1.29, 1.82) is 0 Å². The van der Waals surface area contributed by atoms with E-state index in [9.17, 15) is 9.59 Å². The average Bonchev–Trinajstić information content (AvgIpc) is 2.63. The van der Waals surface area contributed by atoms with E-state index in [0.29, 0.717) is 16.5 Å². The molecule has 0 unspecified atom stereocenters. The smallest absolute Gasteiger partial charge is 0.241 e. The van der Waals surface area contributed by atoms with Gasteiger partial charge in [-0.1, -0.05) is 29.3 Å². The van der Waals surface area contributed by atoms with Gasteiger partial charge in [-0.15, -0.1) is 0 Å². The third kappa shape index (κ3) is 5.95. The van der Waals surface area contributed by atoms with Crippen LogP contribution in [-0.2, 0) is 9.59 Å². The second-order valence-electron chi connectivity index (χ2n) is 7.25. The van der Waals surface area contributed by atoms with Crippen molar-refractivity contribution in [1.82, 2.24) is 4.90 Å². The fraction of sp³-hybridized carbons (Fsp3) is 0.364. The topological polar surface area (TPSA) is 70.7 Å². The number of methoxy groups -OCH3 is 1. The standard InChI is InChI=1S/C22H28ClN3O3/c1-13-9-14(2)21(15(3)10-13)25-22(28)16(4)26(5)12-20(27)24-18-11-17(23)7-8-19(18)29-6/h7-11,16H,12H2,1-6H3,(H,24,27)(H,25,28)/t16-/m1/s1. The van der Waals surface area contributed by atoms with Crippen molar-refractivity contribution in [3.05, 3.63) is 52.0 Å². The Morgan fingerprint density at radius 1 is 1.10 bits per heavy atom. The highest BCUT2D eigenvalue weighted by Crippen LogP contribution is 2.27. The number of carbonyl (C=O) groups excluding carboxylic acids is 2. The Bertz CT molecular complexity index is 891. The van der Waals surface area contributed by atoms with E-state index < -0.39 is 6.04 Å². The minimum Gasteiger partial charge on any atom is -0.495 e. The van der Waals surface area contributed by atoms with Gasteiger partial charge in [0.1, 0.15) is 5.75 Å². The zero-order valence-electron chi connectivity index (χ0n) is 17.7. The lowest BCUT2D eigenvalue weighted by Gasteiger charge is -2.24. The number of halogens is 1. The van der Waals surface area contributed by atoms with Gasteiger partial charge in [-0.25, -0.2) is 0 Å². The maximum Gasteiger partial charge on any atom is 0.241 e. The van der Waals surface area contributed by atoms with Crippen LogP contribution in [0.2, 0.25) is 5.02 Å². The summed E-state index contributed by atoms with van der Waals surface area (Å²) >= 11 is 6.00. The molecule has 0 aliphatic carbocycles. The number of carbonyl (C=O) groups is 2. The van der Waals surface area contributed by atoms with Crippen LogP contribution in [0.4, 0.5) is 11.4 Å². The molecule has 2 aromatic rings. The van der Waals surface area contributed by atoms with Crippen molar-refractivity contribution < 1.29 is 14.3 Å². The van der Waals surface area contributed by atoms with Gasteiger partial charge in [-0.3, -0.25) is 14.5 Å². The van der Waals surface area contributed by atoms with Crippen LogP contribution in [-0.4, -0.2) is 43.5 Å². The molecule has 0 saturated heterocycles. The molecule has 0 spiro atoms. The van der Waals surface area contributed by atoms with Crippen LogP contribution in [0.15, 0.2) is 30.3 Å². The Hall–Kier alpha value is -2.57. The summed E-state index contributed by atoms with van der Waals surface area (Å²) < 4.78 is 5.24. The first-order valence-corrected chi connectivity index (χ1v) is 9.72. The number of nitrogens with one attached hydrogen (secondary N) is 2. The van der Waals surface area contributed by atoms with E-state index in [1.807, 2.05) is 32.9 Å². The van der Waals surface area contributed by atoms with Gasteiger partial charge in [0.15, 0.2) is 0 Å². The zero-order chi connectivity index (χ0) is 21.7. The quantitative estimate of drug-likeness (QED) is 0.709. The molecular formula is C22H28ClN3O3. The van der Waals surface area contributed by atoms with Crippen molar-refractivity contribution in [3.8, 4) is 5.75 Å². The summed E-state index contributed by atoms with van der Waals surface area (Å²) in [5, 5.41) is 6.26. The number of amides is 2. The van der Waals surface area contributed by atoms with E-state index in [1.54, 1.807) is 37.1 Å². The first kappa shape index (κ1) is 22.7. The van der Waals surface area contributed by atoms with Gasteiger partial charge in [0.2, 0.25) is 11.8 Å². The molecule has 0 heterocycles. The largest absolute Gasteiger partial charge is 0.495 e. The Labute approximate surface area is 177 Å². The number of aryl methyl sites for hydroxylation is 3. The molecule has 0 fully saturated rings. The Morgan fingerprint density at radius 2 is 1.72 bits per heavy atom. The molecule has 0 bridgehead atoms. The number of ether oxygens (including phenoxy) is 1. The predicted octanol–water partition coefficient (Wildman–Crippen LogP) is 4.17. The normalized spacial score (nSPS) is 11.9. The molecule has 2 rings (SSSR count). The molecule has 29 heavy (non-hydrogen) atoms. The molecule has 0 radical (unpaired) electrons. The van der Waals surface area contributed by atoms with E-state index in [-0.39, 0.29) is 18.4 Å². The van der Waals surface area contributed by atoms with Gasteiger partial charge < -0.3 is 15.4 Å². The molecular weight excluding hydrogens is 390 g/mol. The van der Waals surface area contributed by atoms with Gasteiger partial charge in [-0.05, 0) is 64.1 Å². The summed E-state index contributed by atoms with van der Waals surface area (Å²) in [5.41, 5.74) is 4.47. The molecule has 0 saturated carbocycles. The first-order chi connectivity index (χ1) is 13.6. The van der Waals surface area contributed by atoms with E-state index in [2.05, 4.69) is 10.6 Å². The highest BCUT2D eigenvalue weighted by atomic mass is 35.5. The lowest BCUT2D eigenvalue weighted by molar-refractivity contribution is -0.122. The highest BCUT2D eigenvalue weighted by Gasteiger charge is 2.22. The Kier molecular flexibility index (Phi) is 7.65. The van der Waals surface area contributed by atoms with Gasteiger partial charge in [0.05, 0.1) is 25.4 Å². The lowest BCUT2D eigenvalue weighted by atomic mass is 10.0. The molecule has 2 N–H and O–H groups in total. The van der Waals surface area contributed by atoms with Crippen LogP contribution >= 0.6 is 11.6 Å². The first-order valence-electron chi connectivity index (χ1n) is 9.34. The summed E-state index contributed by atoms with van der Waals surface area (Å²) in [6, 6.07) is 8.55. The van der Waals surface area contributed by atoms with Crippen molar-refractivity contribution in [2.45, 2.75) is 33.7 Å². The SMILES string of the molecule is COc1ccc(Cl)cc1NC(=O)CN(C)[C@H](C)C(=O)Nc1c(C)cc(C)cc1C. The summed E-state index contributed by atoms with van der Waals surface area (Å²) in [4.78, 5) is 26.8. The number of hydrogen-bond acceptors (Lipinski definition) is 4. The predicted molar refractivity (Wildman–Crippen MR) is 118 cm³/mol. The maximum atomic E-state index is 12.7. The van der Waals surface area contributed by atoms with E-state index in [0.717, 1.165) is 22.4 Å². The van der Waals surface area contributed by atoms with Gasteiger partial charge >= 0.3 is 0 Å². The average molecular weight is 418 g/mol. The second kappa shape index (κ2) is 9.76. The van der Waals surface area contributed by atoms with Crippen LogP contribution in [0.25, 0.3) is 0 Å². The number of anilines is 2. The molecule has 0 aromatic heterocycles. The van der Waals surface area contributed by atoms with Crippen LogP contribution < -0.4 is 15.4 Å². The minimum absolute atomic E-state index is 0.0378. The third-order valence-corrected chi connectivity index (χ3v) is 5.03. The second-order valence-corrected chi connectivity index (χ2v) is 7.68. The number of nitrogens with zero attached hydrogens (tertiary/aromatic N) is 1. The van der Waals surface area contributed by atoms with E-state index in [4.69, 9.17) is 16.3 Å². The fourth-order valence-corrected chi connectivity index (χ4v) is 3.31. The zero-order valence-corrected chi connectivity index (χ0v) is 18.5. The molecule has 0 aliphatic heterocycles. The van der Waals surface area contributed by atoms with Crippen molar-refractivity contribution in [2.75, 3.05) is 31.3 Å². The third-order valence-electron chi connectivity index (χ3n) is 4.79. The van der Waals surface area contributed by atoms with Crippen LogP contribution in [0, 0.1) is 20.8 Å². The van der Waals surface area contributed by atoms with E-state index >= 15 is 0 Å². The fourth-order valence-electron chi connectivity index (χ4n) is 3.14. The van der Waals surface area contributed by atoms with Crippen LogP contribution in [0.5, 0.6) is 5.75 Å². The number of likely N-dealkylation sites (N-methyl/N-ethyl adjacent to an activating group) is 1. The Morgan fingerprint density at radius 3 is 2.31 bits per heavy atom. The lowest BCUT2D eigenvalue weighted by Crippen LogP contribution is -2.43. The maximum absolute atomic E-state index is 12.7. The highest BCUT2D eigenvalue weighted by molar-refractivity contribution is 6.31. The van der Waals surface area contributed by atoms with Crippen molar-refractivity contribution in [3.63, 3.8) is 0 Å². The molecule has 6 nitrogen and oxygen atoms in total. The number of benzene rings is 2. The summed E-state index contributed by atoms with van der Waals surface area (Å²) in [5.74, 6) is 0.0765. The Balaban J connectivity index is 2.01. The number of hydrogen-bond donors (Lipinski definition) is 2. The molecule has 7 heteroatoms. The molecule has 2 aromatic carbocycles. The van der Waals surface area contributed by atoms with Gasteiger partial charge in [0, 0.05) is 10.7 Å². The van der Waals surface area contributed by atoms with Crippen molar-refractivity contribution in [2.24, 2.45) is 0 Å². The monoisotopic (exact) mass is 417 g/mol. The molecule has 156 valence electrons. The van der Waals surface area contributed by atoms with Crippen LogP contribution in [0.3, 0.4) is 0 Å². The van der Waals surface area contributed by atoms with Gasteiger partial charge in [0.25, 0.3) is 0 Å². The molecule has 0 aliphatic rings. The van der Waals surface area contributed by atoms with Crippen LogP contribution in [0.1, 0.15) is 23.6 Å². The molecule has 2 amide bonds. The summed E-state index contributed by atoms with van der Waals surface area (Å²) in [6.07, 6.45) is 0. The van der Waals surface area contributed by atoms with Gasteiger partial charge in [-0.2, -0.15) is 0 Å². The minimum atomic E-state index is -0.498. The molecule has 1 atom stereocenters.